The number of hydrogen-bond acceptors (Lipinski definition) is 7. The lowest BCUT2D eigenvalue weighted by molar-refractivity contribution is -0.160. The lowest BCUT2D eigenvalue weighted by Gasteiger charge is -2.41. The van der Waals surface area contributed by atoms with Crippen molar-refractivity contribution in [3.8, 4) is 16.9 Å². The highest BCUT2D eigenvalue weighted by Crippen LogP contribution is 2.38. The highest BCUT2D eigenvalue weighted by Gasteiger charge is 2.37. The van der Waals surface area contributed by atoms with Crippen molar-refractivity contribution in [3.63, 3.8) is 0 Å². The molecule has 0 spiro atoms. The van der Waals surface area contributed by atoms with Crippen LogP contribution in [0.2, 0.25) is 0 Å². The van der Waals surface area contributed by atoms with Crippen LogP contribution < -0.4 is 4.90 Å². The molecule has 0 radical (unpaired) electrons. The van der Waals surface area contributed by atoms with Gasteiger partial charge < -0.3 is 19.5 Å². The largest absolute Gasteiger partial charge is 0.479 e. The minimum absolute atomic E-state index is 0.235. The molecule has 1 fully saturated rings. The summed E-state index contributed by atoms with van der Waals surface area (Å²) in [5.41, 5.74) is 4.61. The Kier molecular flexibility index (Phi) is 7.76. The molecular formula is C33H42N6O4. The maximum absolute atomic E-state index is 12.7. The summed E-state index contributed by atoms with van der Waals surface area (Å²) in [5.74, 6) is -0.333. The Morgan fingerprint density at radius 1 is 1.09 bits per heavy atom. The molecule has 1 N–H and O–H groups in total. The fraction of sp³-hybridized carbons (Fsp3) is 0.515. The van der Waals surface area contributed by atoms with E-state index in [-0.39, 0.29) is 5.60 Å². The predicted octanol–water partition coefficient (Wildman–Crippen LogP) is 5.93. The first-order valence-electron chi connectivity index (χ1n) is 15.3. The van der Waals surface area contributed by atoms with Crippen LogP contribution in [0.1, 0.15) is 82.9 Å². The third kappa shape index (κ3) is 6.17. The van der Waals surface area contributed by atoms with E-state index in [4.69, 9.17) is 24.7 Å². The minimum atomic E-state index is -1.20. The lowest BCUT2D eigenvalue weighted by Crippen LogP contribution is -2.46. The van der Waals surface area contributed by atoms with E-state index in [0.29, 0.717) is 30.0 Å². The lowest BCUT2D eigenvalue weighted by atomic mass is 9.92. The van der Waals surface area contributed by atoms with Crippen molar-refractivity contribution in [3.05, 3.63) is 59.5 Å². The number of aromatic nitrogens is 5. The number of carboxylic acids is 1. The number of aliphatic carboxylic acids is 1. The summed E-state index contributed by atoms with van der Waals surface area (Å²) in [6.45, 7) is 11.8. The number of nitrogens with zero attached hydrogens (tertiary/aromatic N) is 6. The van der Waals surface area contributed by atoms with Crippen molar-refractivity contribution >= 4 is 17.4 Å². The number of aryl methyl sites for hydroxylation is 2. The molecule has 10 heteroatoms. The number of fused-ring (bicyclic) bond motifs is 7. The molecule has 43 heavy (non-hydrogen) atoms. The Hall–Kier alpha value is -3.76. The van der Waals surface area contributed by atoms with Gasteiger partial charge in [0.15, 0.2) is 11.8 Å². The summed E-state index contributed by atoms with van der Waals surface area (Å²) in [6, 6.07) is 12.2. The van der Waals surface area contributed by atoms with Crippen LogP contribution in [0.15, 0.2) is 42.6 Å². The molecule has 4 aromatic rings. The summed E-state index contributed by atoms with van der Waals surface area (Å²) in [6.07, 6.45) is 6.56. The third-order valence-corrected chi connectivity index (χ3v) is 8.46. The first-order valence-corrected chi connectivity index (χ1v) is 15.3. The Morgan fingerprint density at radius 3 is 2.63 bits per heavy atom. The van der Waals surface area contributed by atoms with Crippen LogP contribution in [0.5, 0.6) is 0 Å². The van der Waals surface area contributed by atoms with Gasteiger partial charge in [0.1, 0.15) is 5.82 Å². The fourth-order valence-electron chi connectivity index (χ4n) is 6.14. The van der Waals surface area contributed by atoms with E-state index in [1.165, 1.54) is 0 Å². The number of carboxylic acid groups (broad SMARTS) is 1. The number of piperidine rings is 1. The van der Waals surface area contributed by atoms with E-state index >= 15 is 0 Å². The maximum atomic E-state index is 12.7. The van der Waals surface area contributed by atoms with Crippen LogP contribution in [0.3, 0.4) is 0 Å². The smallest absolute Gasteiger partial charge is 0.337 e. The summed E-state index contributed by atoms with van der Waals surface area (Å²) >= 11 is 0. The summed E-state index contributed by atoms with van der Waals surface area (Å²) in [4.78, 5) is 19.8. The molecule has 3 aromatic heterocycles. The fourth-order valence-corrected chi connectivity index (χ4v) is 6.14. The molecule has 0 amide bonds. The van der Waals surface area contributed by atoms with Crippen LogP contribution in [0.25, 0.3) is 22.6 Å². The van der Waals surface area contributed by atoms with Crippen molar-refractivity contribution in [1.29, 1.82) is 0 Å². The predicted molar refractivity (Wildman–Crippen MR) is 165 cm³/mol. The topological polar surface area (TPSA) is 107 Å². The summed E-state index contributed by atoms with van der Waals surface area (Å²) in [5, 5.41) is 20.3. The van der Waals surface area contributed by atoms with Crippen molar-refractivity contribution in [1.82, 2.24) is 24.4 Å². The average Bonchev–Trinajstić information content (AvgIpc) is 3.60. The molecule has 0 saturated carbocycles. The second-order valence-corrected chi connectivity index (χ2v) is 13.1. The monoisotopic (exact) mass is 586 g/mol. The van der Waals surface area contributed by atoms with E-state index in [1.54, 1.807) is 4.52 Å². The third-order valence-electron chi connectivity index (χ3n) is 8.46. The Balaban J connectivity index is 1.51. The van der Waals surface area contributed by atoms with Crippen LogP contribution >= 0.6 is 0 Å². The van der Waals surface area contributed by atoms with Gasteiger partial charge in [0.2, 0.25) is 0 Å². The van der Waals surface area contributed by atoms with Gasteiger partial charge in [-0.2, -0.15) is 14.7 Å². The second kappa shape index (κ2) is 11.4. The Labute approximate surface area is 252 Å². The quantitative estimate of drug-likeness (QED) is 0.315. The van der Waals surface area contributed by atoms with Crippen molar-refractivity contribution in [2.24, 2.45) is 0 Å². The Bertz CT molecular complexity index is 1630. The van der Waals surface area contributed by atoms with Crippen LogP contribution in [0.4, 0.5) is 5.82 Å². The van der Waals surface area contributed by atoms with Gasteiger partial charge in [-0.25, -0.2) is 14.5 Å². The molecule has 1 saturated heterocycles. The maximum Gasteiger partial charge on any atom is 0.337 e. The number of hydrogen-bond donors (Lipinski definition) is 1. The SMILES string of the molecule is Cc1nc2cc3nn2c(c1[C@H](OC(C)(C)C)C(=O)O)N1CCC(C)(CC1)OCCCCCc1ccn(n1)-c1cccc-3c1. The van der Waals surface area contributed by atoms with E-state index < -0.39 is 17.7 Å². The standard InChI is InChI=1S/C33H42N6O4/c1-22-28(29(31(40)41)43-32(2,3)4)30-37-17-14-33(5,15-18-37)42-19-8-6-7-11-24-13-16-38(35-24)25-12-9-10-23(20-25)26-21-27(34-22)39(30)36-26/h9-10,12-13,16,20-21,29H,6-8,11,14-15,17-19H2,1-5H3,(H,40,41)/t29-/m0/s1. The highest BCUT2D eigenvalue weighted by molar-refractivity contribution is 5.79. The zero-order valence-corrected chi connectivity index (χ0v) is 25.8. The van der Waals surface area contributed by atoms with Crippen molar-refractivity contribution < 1.29 is 19.4 Å². The molecule has 3 aliphatic rings. The van der Waals surface area contributed by atoms with Gasteiger partial charge in [0, 0.05) is 43.2 Å². The molecule has 6 heterocycles. The number of carbonyl (C=O) groups is 1. The average molecular weight is 587 g/mol. The first kappa shape index (κ1) is 29.3. The summed E-state index contributed by atoms with van der Waals surface area (Å²) in [7, 11) is 0. The van der Waals surface area contributed by atoms with Gasteiger partial charge in [-0.1, -0.05) is 18.6 Å². The molecule has 1 atom stereocenters. The van der Waals surface area contributed by atoms with E-state index in [9.17, 15) is 9.90 Å². The van der Waals surface area contributed by atoms with Gasteiger partial charge >= 0.3 is 5.97 Å². The molecule has 1 aromatic carbocycles. The summed E-state index contributed by atoms with van der Waals surface area (Å²) < 4.78 is 16.4. The molecule has 8 bridgehead atoms. The molecule has 10 nitrogen and oxygen atoms in total. The normalized spacial score (nSPS) is 18.2. The zero-order valence-electron chi connectivity index (χ0n) is 25.8. The molecule has 0 aliphatic carbocycles. The van der Waals surface area contributed by atoms with Crippen LogP contribution in [0, 0.1) is 6.92 Å². The molecule has 7 rings (SSSR count). The van der Waals surface area contributed by atoms with Crippen LogP contribution in [-0.2, 0) is 20.7 Å². The van der Waals surface area contributed by atoms with Gasteiger partial charge in [0.05, 0.1) is 33.8 Å². The number of rotatable bonds is 3. The van der Waals surface area contributed by atoms with E-state index in [2.05, 4.69) is 24.0 Å². The molecule has 0 unspecified atom stereocenters. The number of ether oxygens (including phenoxy) is 2. The minimum Gasteiger partial charge on any atom is -0.479 e. The highest BCUT2D eigenvalue weighted by atomic mass is 16.5. The van der Waals surface area contributed by atoms with E-state index in [1.807, 2.05) is 62.8 Å². The first-order chi connectivity index (χ1) is 20.5. The van der Waals surface area contributed by atoms with Gasteiger partial charge in [-0.3, -0.25) is 0 Å². The zero-order chi connectivity index (χ0) is 30.4. The molecule has 3 aliphatic heterocycles. The van der Waals surface area contributed by atoms with Gasteiger partial charge in [0.25, 0.3) is 0 Å². The second-order valence-electron chi connectivity index (χ2n) is 13.1. The number of anilines is 1. The Morgan fingerprint density at radius 2 is 1.88 bits per heavy atom. The molecule has 228 valence electrons. The van der Waals surface area contributed by atoms with E-state index in [0.717, 1.165) is 73.6 Å². The van der Waals surface area contributed by atoms with Crippen molar-refractivity contribution in [2.45, 2.75) is 90.4 Å². The van der Waals surface area contributed by atoms with Gasteiger partial charge in [-0.05, 0) is 84.9 Å². The number of benzene rings is 1. The van der Waals surface area contributed by atoms with Crippen molar-refractivity contribution in [2.75, 3.05) is 24.6 Å². The molecular weight excluding hydrogens is 544 g/mol. The van der Waals surface area contributed by atoms with Gasteiger partial charge in [-0.15, -0.1) is 0 Å². The van der Waals surface area contributed by atoms with Crippen LogP contribution in [-0.4, -0.2) is 66.4 Å².